The molecule has 1 rings (SSSR count). The van der Waals surface area contributed by atoms with Gasteiger partial charge in [-0.15, -0.1) is 11.3 Å². The molecule has 114 valence electrons. The van der Waals surface area contributed by atoms with Gasteiger partial charge in [-0.25, -0.2) is 4.98 Å². The summed E-state index contributed by atoms with van der Waals surface area (Å²) in [6, 6.07) is 0. The van der Waals surface area contributed by atoms with Crippen molar-refractivity contribution in [3.63, 3.8) is 0 Å². The third-order valence-corrected chi connectivity index (χ3v) is 4.26. The summed E-state index contributed by atoms with van der Waals surface area (Å²) in [5.41, 5.74) is 0.987. The summed E-state index contributed by atoms with van der Waals surface area (Å²) in [7, 11) is 0. The molecule has 1 atom stereocenters. The normalized spacial score (nSPS) is 12.2. The summed E-state index contributed by atoms with van der Waals surface area (Å²) in [5, 5.41) is 3.11. The molecule has 0 amide bonds. The van der Waals surface area contributed by atoms with Crippen LogP contribution in [0, 0.1) is 5.92 Å². The first-order valence-electron chi connectivity index (χ1n) is 7.45. The van der Waals surface area contributed by atoms with E-state index in [1.165, 1.54) is 6.42 Å². The number of esters is 1. The fourth-order valence-electron chi connectivity index (χ4n) is 1.87. The molecule has 0 saturated carbocycles. The van der Waals surface area contributed by atoms with Crippen LogP contribution in [0.1, 0.15) is 46.2 Å². The lowest BCUT2D eigenvalue weighted by molar-refractivity contribution is -0.143. The summed E-state index contributed by atoms with van der Waals surface area (Å²) >= 11 is 1.66. The van der Waals surface area contributed by atoms with E-state index in [1.54, 1.807) is 11.3 Å². The van der Waals surface area contributed by atoms with Crippen LogP contribution in [-0.2, 0) is 16.0 Å². The lowest BCUT2D eigenvalue weighted by Crippen LogP contribution is -2.27. The Bertz CT molecular complexity index is 406. The zero-order valence-electron chi connectivity index (χ0n) is 13.0. The van der Waals surface area contributed by atoms with Crippen LogP contribution in [0.2, 0.25) is 0 Å². The van der Waals surface area contributed by atoms with Crippen molar-refractivity contribution in [2.45, 2.75) is 47.0 Å². The van der Waals surface area contributed by atoms with E-state index in [2.05, 4.69) is 30.7 Å². The van der Waals surface area contributed by atoms with Gasteiger partial charge >= 0.3 is 5.97 Å². The van der Waals surface area contributed by atoms with Crippen LogP contribution < -0.4 is 4.90 Å². The van der Waals surface area contributed by atoms with Crippen LogP contribution in [0.25, 0.3) is 0 Å². The average molecular weight is 298 g/mol. The molecule has 20 heavy (non-hydrogen) atoms. The van der Waals surface area contributed by atoms with Crippen molar-refractivity contribution in [2.75, 3.05) is 24.6 Å². The smallest absolute Gasteiger partial charge is 0.306 e. The molecular formula is C15H26N2O2S. The van der Waals surface area contributed by atoms with Crippen LogP contribution in [0.5, 0.6) is 0 Å². The van der Waals surface area contributed by atoms with E-state index in [0.29, 0.717) is 25.4 Å². The number of anilines is 1. The van der Waals surface area contributed by atoms with Gasteiger partial charge in [-0.3, -0.25) is 4.79 Å². The van der Waals surface area contributed by atoms with Crippen LogP contribution in [0.3, 0.4) is 0 Å². The Hall–Kier alpha value is -1.10. The Kier molecular flexibility index (Phi) is 7.59. The summed E-state index contributed by atoms with van der Waals surface area (Å²) in [6.07, 6.45) is 2.25. The minimum absolute atomic E-state index is 0.144. The van der Waals surface area contributed by atoms with Crippen molar-refractivity contribution in [1.82, 2.24) is 4.98 Å². The molecule has 0 spiro atoms. The summed E-state index contributed by atoms with van der Waals surface area (Å²) in [6.45, 7) is 10.9. The Morgan fingerprint density at radius 3 is 2.80 bits per heavy atom. The summed E-state index contributed by atoms with van der Waals surface area (Å²) < 4.78 is 4.93. The minimum atomic E-state index is -0.144. The molecule has 0 aliphatic heterocycles. The highest BCUT2D eigenvalue weighted by Crippen LogP contribution is 2.22. The van der Waals surface area contributed by atoms with E-state index < -0.39 is 0 Å². The highest BCUT2D eigenvalue weighted by Gasteiger charge is 2.13. The zero-order chi connectivity index (χ0) is 15.0. The average Bonchev–Trinajstić information content (AvgIpc) is 2.91. The number of hydrogen-bond donors (Lipinski definition) is 0. The van der Waals surface area contributed by atoms with Crippen molar-refractivity contribution in [2.24, 2.45) is 5.92 Å². The lowest BCUT2D eigenvalue weighted by atomic mass is 10.1. The molecule has 1 aromatic rings. The van der Waals surface area contributed by atoms with Crippen molar-refractivity contribution < 1.29 is 9.53 Å². The largest absolute Gasteiger partial charge is 0.466 e. The van der Waals surface area contributed by atoms with Crippen LogP contribution >= 0.6 is 11.3 Å². The highest BCUT2D eigenvalue weighted by molar-refractivity contribution is 7.13. The first-order chi connectivity index (χ1) is 9.60. The number of aryl methyl sites for hydroxylation is 1. The van der Waals surface area contributed by atoms with Crippen LogP contribution in [-0.4, -0.2) is 30.6 Å². The molecule has 1 aromatic heterocycles. The van der Waals surface area contributed by atoms with Crippen molar-refractivity contribution in [3.8, 4) is 0 Å². The molecule has 4 nitrogen and oxygen atoms in total. The monoisotopic (exact) mass is 298 g/mol. The number of ether oxygens (including phenoxy) is 1. The van der Waals surface area contributed by atoms with Gasteiger partial charge in [0.15, 0.2) is 5.13 Å². The van der Waals surface area contributed by atoms with Gasteiger partial charge in [0.2, 0.25) is 0 Å². The van der Waals surface area contributed by atoms with E-state index in [9.17, 15) is 4.79 Å². The third-order valence-electron chi connectivity index (χ3n) is 3.31. The molecule has 0 N–H and O–H groups in total. The van der Waals surface area contributed by atoms with E-state index in [-0.39, 0.29) is 5.97 Å². The number of hydrogen-bond acceptors (Lipinski definition) is 5. The van der Waals surface area contributed by atoms with Gasteiger partial charge in [-0.05, 0) is 19.8 Å². The number of thiazole rings is 1. The second kappa shape index (κ2) is 8.95. The maximum absolute atomic E-state index is 11.3. The quantitative estimate of drug-likeness (QED) is 0.654. The molecule has 1 unspecified atom stereocenters. The molecule has 0 aliphatic rings. The zero-order valence-corrected chi connectivity index (χ0v) is 13.8. The number of rotatable bonds is 9. The van der Waals surface area contributed by atoms with Gasteiger partial charge in [0.1, 0.15) is 0 Å². The van der Waals surface area contributed by atoms with Gasteiger partial charge in [-0.1, -0.05) is 20.3 Å². The molecule has 0 aliphatic carbocycles. The molecule has 0 radical (unpaired) electrons. The van der Waals surface area contributed by atoms with Gasteiger partial charge in [-0.2, -0.15) is 0 Å². The predicted molar refractivity (Wildman–Crippen MR) is 84.4 cm³/mol. The predicted octanol–water partition coefficient (Wildman–Crippen LogP) is 3.51. The maximum Gasteiger partial charge on any atom is 0.306 e. The first kappa shape index (κ1) is 17.0. The number of carbonyl (C=O) groups is 1. The molecule has 0 saturated heterocycles. The van der Waals surface area contributed by atoms with Crippen molar-refractivity contribution >= 4 is 22.4 Å². The van der Waals surface area contributed by atoms with Crippen molar-refractivity contribution in [1.29, 1.82) is 0 Å². The number of aromatic nitrogens is 1. The van der Waals surface area contributed by atoms with E-state index in [0.717, 1.165) is 23.9 Å². The number of carbonyl (C=O) groups excluding carboxylic acids is 1. The standard InChI is InChI=1S/C15H26N2O2S/c1-5-12(4)10-17(6-2)15-16-13(11-20-15)8-9-14(18)19-7-3/h11-12H,5-10H2,1-4H3. The fraction of sp³-hybridized carbons (Fsp3) is 0.733. The van der Waals surface area contributed by atoms with Crippen LogP contribution in [0.4, 0.5) is 5.13 Å². The van der Waals surface area contributed by atoms with E-state index >= 15 is 0 Å². The maximum atomic E-state index is 11.3. The second-order valence-electron chi connectivity index (χ2n) is 4.98. The third kappa shape index (κ3) is 5.49. The molecule has 0 fully saturated rings. The van der Waals surface area contributed by atoms with Crippen molar-refractivity contribution in [3.05, 3.63) is 11.1 Å². The second-order valence-corrected chi connectivity index (χ2v) is 5.82. The molecule has 0 aromatic carbocycles. The lowest BCUT2D eigenvalue weighted by Gasteiger charge is -2.23. The summed E-state index contributed by atoms with van der Waals surface area (Å²) in [4.78, 5) is 18.3. The highest BCUT2D eigenvalue weighted by atomic mass is 32.1. The Morgan fingerprint density at radius 1 is 1.45 bits per heavy atom. The Labute approximate surface area is 126 Å². The van der Waals surface area contributed by atoms with Gasteiger partial charge in [0.25, 0.3) is 0 Å². The summed E-state index contributed by atoms with van der Waals surface area (Å²) in [5.74, 6) is 0.524. The Balaban J connectivity index is 2.54. The minimum Gasteiger partial charge on any atom is -0.466 e. The van der Waals surface area contributed by atoms with Gasteiger partial charge in [0.05, 0.1) is 18.7 Å². The fourth-order valence-corrected chi connectivity index (χ4v) is 2.80. The molecule has 0 bridgehead atoms. The molecular weight excluding hydrogens is 272 g/mol. The topological polar surface area (TPSA) is 42.4 Å². The van der Waals surface area contributed by atoms with Gasteiger partial charge < -0.3 is 9.64 Å². The van der Waals surface area contributed by atoms with E-state index in [4.69, 9.17) is 4.74 Å². The van der Waals surface area contributed by atoms with Crippen LogP contribution in [0.15, 0.2) is 5.38 Å². The SMILES string of the molecule is CCOC(=O)CCc1csc(N(CC)CC(C)CC)n1. The van der Waals surface area contributed by atoms with Gasteiger partial charge in [0, 0.05) is 24.9 Å². The molecule has 5 heteroatoms. The Morgan fingerprint density at radius 2 is 2.20 bits per heavy atom. The number of nitrogens with zero attached hydrogens (tertiary/aromatic N) is 2. The van der Waals surface area contributed by atoms with E-state index in [1.807, 2.05) is 12.3 Å². The first-order valence-corrected chi connectivity index (χ1v) is 8.33. The molecule has 1 heterocycles.